The van der Waals surface area contributed by atoms with Crippen LogP contribution in [0.3, 0.4) is 0 Å². The number of rotatable bonds is 3. The van der Waals surface area contributed by atoms with Crippen molar-refractivity contribution in [2.24, 2.45) is 0 Å². The first kappa shape index (κ1) is 16.3. The zero-order valence-electron chi connectivity index (χ0n) is 14.0. The molecule has 0 aliphatic carbocycles. The fourth-order valence-electron chi connectivity index (χ4n) is 3.36. The minimum absolute atomic E-state index is 0.414. The number of hydrogen-bond acceptors (Lipinski definition) is 5. The summed E-state index contributed by atoms with van der Waals surface area (Å²) >= 11 is 1.69. The van der Waals surface area contributed by atoms with Crippen LogP contribution >= 0.6 is 11.8 Å². The number of alkyl halides is 1. The summed E-state index contributed by atoms with van der Waals surface area (Å²) in [7, 11) is 0. The summed E-state index contributed by atoms with van der Waals surface area (Å²) in [6.07, 6.45) is 6.13. The van der Waals surface area contributed by atoms with Crippen LogP contribution in [0.5, 0.6) is 0 Å². The van der Waals surface area contributed by atoms with E-state index in [1.807, 2.05) is 18.2 Å². The van der Waals surface area contributed by atoms with Crippen LogP contribution in [0.2, 0.25) is 0 Å². The van der Waals surface area contributed by atoms with Crippen LogP contribution in [-0.2, 0) is 5.67 Å². The number of hydrogen-bond donors (Lipinski definition) is 0. The van der Waals surface area contributed by atoms with Gasteiger partial charge >= 0.3 is 0 Å². The molecule has 4 rings (SSSR count). The molecule has 1 aliphatic rings. The molecule has 2 aromatic heterocycles. The molecule has 0 unspecified atom stereocenters. The molecule has 0 radical (unpaired) electrons. The number of benzene rings is 1. The third-order valence-corrected chi connectivity index (χ3v) is 5.53. The number of halogens is 1. The first-order valence-electron chi connectivity index (χ1n) is 8.34. The van der Waals surface area contributed by atoms with Gasteiger partial charge in [0.15, 0.2) is 5.67 Å². The van der Waals surface area contributed by atoms with Gasteiger partial charge < -0.3 is 4.90 Å². The van der Waals surface area contributed by atoms with E-state index in [1.54, 1.807) is 30.4 Å². The van der Waals surface area contributed by atoms with E-state index in [0.29, 0.717) is 31.6 Å². The highest BCUT2D eigenvalue weighted by Gasteiger charge is 2.38. The van der Waals surface area contributed by atoms with Gasteiger partial charge in [-0.1, -0.05) is 6.07 Å². The lowest BCUT2D eigenvalue weighted by Crippen LogP contribution is -2.41. The first-order valence-corrected chi connectivity index (χ1v) is 9.56. The van der Waals surface area contributed by atoms with E-state index in [4.69, 9.17) is 0 Å². The Morgan fingerprint density at radius 3 is 2.64 bits per heavy atom. The Kier molecular flexibility index (Phi) is 4.29. The molecule has 0 bridgehead atoms. The molecule has 3 aromatic rings. The van der Waals surface area contributed by atoms with Crippen molar-refractivity contribution in [1.29, 1.82) is 0 Å². The highest BCUT2D eigenvalue weighted by Crippen LogP contribution is 2.38. The summed E-state index contributed by atoms with van der Waals surface area (Å²) in [6, 6.07) is 11.6. The maximum absolute atomic E-state index is 15.3. The molecule has 0 atom stereocenters. The molecule has 3 heterocycles. The maximum Gasteiger partial charge on any atom is 0.156 e. The molecular formula is C19H19FN4S. The molecule has 25 heavy (non-hydrogen) atoms. The van der Waals surface area contributed by atoms with E-state index >= 15 is 4.39 Å². The Balaban J connectivity index is 1.62. The van der Waals surface area contributed by atoms with Gasteiger partial charge in [-0.05, 0) is 36.6 Å². The average molecular weight is 354 g/mol. The van der Waals surface area contributed by atoms with Crippen molar-refractivity contribution < 1.29 is 4.39 Å². The smallest absolute Gasteiger partial charge is 0.156 e. The molecule has 1 fully saturated rings. The highest BCUT2D eigenvalue weighted by atomic mass is 32.2. The van der Waals surface area contributed by atoms with Gasteiger partial charge in [0.2, 0.25) is 0 Å². The molecule has 0 saturated carbocycles. The number of nitrogens with zero attached hydrogens (tertiary/aromatic N) is 4. The predicted molar refractivity (Wildman–Crippen MR) is 99.8 cm³/mol. The van der Waals surface area contributed by atoms with E-state index in [2.05, 4.69) is 38.2 Å². The van der Waals surface area contributed by atoms with Gasteiger partial charge in [-0.3, -0.25) is 4.98 Å². The first-order chi connectivity index (χ1) is 12.2. The van der Waals surface area contributed by atoms with Crippen molar-refractivity contribution in [3.8, 4) is 0 Å². The number of fused-ring (bicyclic) bond motifs is 1. The summed E-state index contributed by atoms with van der Waals surface area (Å²) in [5.74, 6) is 0.893. The van der Waals surface area contributed by atoms with E-state index in [9.17, 15) is 0 Å². The molecule has 4 nitrogen and oxygen atoms in total. The number of aromatic nitrogens is 3. The lowest BCUT2D eigenvalue weighted by molar-refractivity contribution is 0.119. The molecule has 128 valence electrons. The summed E-state index contributed by atoms with van der Waals surface area (Å²) in [4.78, 5) is 16.4. The van der Waals surface area contributed by atoms with E-state index in [0.717, 1.165) is 16.7 Å². The Morgan fingerprint density at radius 1 is 1.08 bits per heavy atom. The van der Waals surface area contributed by atoms with Crippen LogP contribution in [0.15, 0.2) is 53.8 Å². The van der Waals surface area contributed by atoms with Crippen LogP contribution < -0.4 is 4.90 Å². The van der Waals surface area contributed by atoms with Crippen LogP contribution in [-0.4, -0.2) is 34.3 Å². The number of pyridine rings is 1. The number of thioether (sulfide) groups is 1. The van der Waals surface area contributed by atoms with Crippen LogP contribution in [0, 0.1) is 0 Å². The van der Waals surface area contributed by atoms with Crippen LogP contribution in [0.25, 0.3) is 10.9 Å². The molecule has 6 heteroatoms. The van der Waals surface area contributed by atoms with Crippen molar-refractivity contribution in [2.75, 3.05) is 24.2 Å². The van der Waals surface area contributed by atoms with Crippen molar-refractivity contribution in [3.05, 3.63) is 54.6 Å². The lowest BCUT2D eigenvalue weighted by Gasteiger charge is -2.37. The molecule has 1 aliphatic heterocycles. The van der Waals surface area contributed by atoms with Gasteiger partial charge in [-0.2, -0.15) is 0 Å². The monoisotopic (exact) mass is 354 g/mol. The molecule has 0 spiro atoms. The largest absolute Gasteiger partial charge is 0.356 e. The average Bonchev–Trinajstić information content (AvgIpc) is 2.68. The summed E-state index contributed by atoms with van der Waals surface area (Å²) < 4.78 is 15.3. The molecular weight excluding hydrogens is 335 g/mol. The van der Waals surface area contributed by atoms with Gasteiger partial charge in [0.1, 0.15) is 12.1 Å². The normalized spacial score (nSPS) is 17.0. The molecule has 1 saturated heterocycles. The van der Waals surface area contributed by atoms with Crippen LogP contribution in [0.1, 0.15) is 18.5 Å². The minimum atomic E-state index is -1.36. The zero-order chi connectivity index (χ0) is 17.3. The summed E-state index contributed by atoms with van der Waals surface area (Å²) in [5, 5.41) is 1.03. The van der Waals surface area contributed by atoms with Crippen molar-refractivity contribution >= 4 is 28.5 Å². The Labute approximate surface area is 150 Å². The van der Waals surface area contributed by atoms with Gasteiger partial charge in [-0.15, -0.1) is 11.8 Å². The summed E-state index contributed by atoms with van der Waals surface area (Å²) in [5.41, 5.74) is 0.0989. The second-order valence-corrected chi connectivity index (χ2v) is 7.13. The summed E-state index contributed by atoms with van der Waals surface area (Å²) in [6.45, 7) is 1.23. The van der Waals surface area contributed by atoms with E-state index < -0.39 is 5.67 Å². The molecule has 0 amide bonds. The Morgan fingerprint density at radius 2 is 1.92 bits per heavy atom. The van der Waals surface area contributed by atoms with Gasteiger partial charge in [0, 0.05) is 42.4 Å². The minimum Gasteiger partial charge on any atom is -0.356 e. The topological polar surface area (TPSA) is 41.9 Å². The Hall–Kier alpha value is -2.21. The van der Waals surface area contributed by atoms with Gasteiger partial charge in [0.25, 0.3) is 0 Å². The zero-order valence-corrected chi connectivity index (χ0v) is 14.8. The number of piperidine rings is 1. The maximum atomic E-state index is 15.3. The lowest BCUT2D eigenvalue weighted by atomic mass is 9.89. The Bertz CT molecular complexity index is 879. The quantitative estimate of drug-likeness (QED) is 0.659. The number of anilines is 1. The molecule has 0 N–H and O–H groups in total. The van der Waals surface area contributed by atoms with Crippen molar-refractivity contribution in [3.63, 3.8) is 0 Å². The molecule has 1 aromatic carbocycles. The third-order valence-electron chi connectivity index (χ3n) is 4.80. The van der Waals surface area contributed by atoms with Gasteiger partial charge in [0.05, 0.1) is 11.2 Å². The highest BCUT2D eigenvalue weighted by molar-refractivity contribution is 7.98. The van der Waals surface area contributed by atoms with E-state index in [-0.39, 0.29) is 0 Å². The fraction of sp³-hybridized carbons (Fsp3) is 0.316. The third kappa shape index (κ3) is 3.06. The SMILES string of the molecule is CSc1ccc2ncnc(N3CCC(F)(c4ccccn4)CC3)c2c1. The van der Waals surface area contributed by atoms with E-state index in [1.165, 1.54) is 4.90 Å². The second kappa shape index (κ2) is 6.59. The van der Waals surface area contributed by atoms with Crippen molar-refractivity contribution in [2.45, 2.75) is 23.4 Å². The standard InChI is InChI=1S/C19H19FN4S/c1-25-14-5-6-16-15(12-14)18(23-13-22-16)24-10-7-19(20,8-11-24)17-4-2-3-9-21-17/h2-6,9,12-13H,7-8,10-11H2,1H3. The van der Waals surface area contributed by atoms with Crippen molar-refractivity contribution in [1.82, 2.24) is 15.0 Å². The van der Waals surface area contributed by atoms with Gasteiger partial charge in [-0.25, -0.2) is 14.4 Å². The van der Waals surface area contributed by atoms with Crippen LogP contribution in [0.4, 0.5) is 10.2 Å². The fourth-order valence-corrected chi connectivity index (χ4v) is 3.80. The predicted octanol–water partition coefficient (Wildman–Crippen LogP) is 4.21. The second-order valence-electron chi connectivity index (χ2n) is 6.25.